The fourth-order valence-electron chi connectivity index (χ4n) is 8.88. The first kappa shape index (κ1) is 28.0. The van der Waals surface area contributed by atoms with E-state index in [2.05, 4.69) is 134 Å². The number of anilines is 3. The first-order valence-corrected chi connectivity index (χ1v) is 16.7. The predicted molar refractivity (Wildman–Crippen MR) is 188 cm³/mol. The summed E-state index contributed by atoms with van der Waals surface area (Å²) in [5, 5.41) is 0. The molecule has 3 heteroatoms. The summed E-state index contributed by atoms with van der Waals surface area (Å²) in [5.74, 6) is 1.98. The second-order valence-electron chi connectivity index (χ2n) is 16.8. The van der Waals surface area contributed by atoms with Gasteiger partial charge < -0.3 is 9.64 Å². The Morgan fingerprint density at radius 1 is 0.568 bits per heavy atom. The van der Waals surface area contributed by atoms with Crippen LogP contribution in [0.5, 0.6) is 11.5 Å². The number of fused-ring (bicyclic) bond motifs is 6. The molecule has 44 heavy (non-hydrogen) atoms. The lowest BCUT2D eigenvalue weighted by Gasteiger charge is -2.46. The molecule has 0 radical (unpaired) electrons. The summed E-state index contributed by atoms with van der Waals surface area (Å²) in [6, 6.07) is 25.9. The third-order valence-electron chi connectivity index (χ3n) is 11.9. The Bertz CT molecular complexity index is 1880. The molecular weight excluding hydrogens is 533 g/mol. The minimum atomic E-state index is 0.124. The average molecular weight is 580 g/mol. The molecule has 2 heterocycles. The Labute approximate surface area is 264 Å². The molecule has 0 amide bonds. The number of para-hydroxylation sites is 1. The molecule has 2 nitrogen and oxygen atoms in total. The van der Waals surface area contributed by atoms with Crippen LogP contribution in [0.25, 0.3) is 0 Å². The first-order valence-electron chi connectivity index (χ1n) is 16.7. The number of nitrogens with zero attached hydrogens (tertiary/aromatic N) is 1. The van der Waals surface area contributed by atoms with Crippen molar-refractivity contribution in [2.45, 2.75) is 110 Å². The molecule has 0 N–H and O–H groups in total. The van der Waals surface area contributed by atoms with Crippen LogP contribution in [0.15, 0.2) is 66.7 Å². The van der Waals surface area contributed by atoms with Gasteiger partial charge in [-0.1, -0.05) is 85.7 Å². The molecule has 4 aliphatic rings. The van der Waals surface area contributed by atoms with Gasteiger partial charge in [0.2, 0.25) is 0 Å². The van der Waals surface area contributed by atoms with E-state index >= 15 is 0 Å². The first-order chi connectivity index (χ1) is 20.7. The highest BCUT2D eigenvalue weighted by Gasteiger charge is 2.46. The van der Waals surface area contributed by atoms with E-state index in [1.54, 1.807) is 0 Å². The van der Waals surface area contributed by atoms with Gasteiger partial charge in [0.1, 0.15) is 11.5 Å². The van der Waals surface area contributed by atoms with E-state index in [1.807, 2.05) is 0 Å². The zero-order chi connectivity index (χ0) is 31.0. The minimum Gasteiger partial charge on any atom is -0.458 e. The minimum absolute atomic E-state index is 0.124. The van der Waals surface area contributed by atoms with Crippen LogP contribution in [-0.4, -0.2) is 6.71 Å². The molecule has 2 aliphatic carbocycles. The Morgan fingerprint density at radius 2 is 1.16 bits per heavy atom. The summed E-state index contributed by atoms with van der Waals surface area (Å²) in [6.45, 7) is 21.8. The molecule has 0 atom stereocenters. The smallest absolute Gasteiger partial charge is 0.256 e. The highest BCUT2D eigenvalue weighted by Crippen LogP contribution is 2.51. The van der Waals surface area contributed by atoms with Crippen LogP contribution in [0.1, 0.15) is 109 Å². The Kier molecular flexibility index (Phi) is 5.63. The zero-order valence-corrected chi connectivity index (χ0v) is 28.1. The maximum absolute atomic E-state index is 6.72. The van der Waals surface area contributed by atoms with Gasteiger partial charge in [-0.15, -0.1) is 0 Å². The van der Waals surface area contributed by atoms with E-state index in [9.17, 15) is 0 Å². The predicted octanol–water partition coefficient (Wildman–Crippen LogP) is 9.10. The van der Waals surface area contributed by atoms with Gasteiger partial charge in [0.15, 0.2) is 0 Å². The molecule has 0 bridgehead atoms. The molecule has 2 aliphatic heterocycles. The Balaban J connectivity index is 1.47. The Morgan fingerprint density at radius 3 is 1.84 bits per heavy atom. The third-order valence-corrected chi connectivity index (χ3v) is 11.9. The summed E-state index contributed by atoms with van der Waals surface area (Å²) >= 11 is 0. The SMILES string of the molecule is Cc1cc2c3c(c1)N(c1ccc4c(c1)C(C)(C)CCC4(C)C)c1cc4c(cc1B3c1ccccc1O2)C(C)(C)CCC4(C)C. The highest BCUT2D eigenvalue weighted by atomic mass is 16.5. The van der Waals surface area contributed by atoms with Gasteiger partial charge in [0, 0.05) is 17.1 Å². The van der Waals surface area contributed by atoms with Crippen molar-refractivity contribution in [1.29, 1.82) is 0 Å². The Hall–Kier alpha value is -3.46. The molecule has 0 unspecified atom stereocenters. The normalized spacial score (nSPS) is 20.8. The topological polar surface area (TPSA) is 12.5 Å². The lowest BCUT2D eigenvalue weighted by atomic mass is 9.33. The second-order valence-corrected chi connectivity index (χ2v) is 16.8. The zero-order valence-electron chi connectivity index (χ0n) is 28.1. The van der Waals surface area contributed by atoms with Gasteiger partial charge in [0.05, 0.1) is 0 Å². The summed E-state index contributed by atoms with van der Waals surface area (Å²) in [7, 11) is 0. The molecule has 4 aromatic carbocycles. The van der Waals surface area contributed by atoms with Crippen LogP contribution >= 0.6 is 0 Å². The van der Waals surface area contributed by atoms with E-state index in [1.165, 1.54) is 87.0 Å². The summed E-state index contributed by atoms with van der Waals surface area (Å²) in [5.41, 5.74) is 15.6. The van der Waals surface area contributed by atoms with Gasteiger partial charge in [-0.05, 0) is 135 Å². The molecule has 0 saturated heterocycles. The van der Waals surface area contributed by atoms with E-state index in [0.29, 0.717) is 0 Å². The second kappa shape index (κ2) is 8.84. The average Bonchev–Trinajstić information content (AvgIpc) is 2.97. The van der Waals surface area contributed by atoms with Gasteiger partial charge in [0.25, 0.3) is 6.71 Å². The fraction of sp³-hybridized carbons (Fsp3) is 0.415. The van der Waals surface area contributed by atoms with Gasteiger partial charge >= 0.3 is 0 Å². The number of ether oxygens (including phenoxy) is 1. The van der Waals surface area contributed by atoms with Gasteiger partial charge in [-0.25, -0.2) is 0 Å². The van der Waals surface area contributed by atoms with Crippen molar-refractivity contribution in [3.05, 3.63) is 94.5 Å². The van der Waals surface area contributed by atoms with Crippen LogP contribution in [0, 0.1) is 6.92 Å². The summed E-state index contributed by atoms with van der Waals surface area (Å²) in [4.78, 5) is 2.59. The molecule has 0 aromatic heterocycles. The van der Waals surface area contributed by atoms with E-state index in [4.69, 9.17) is 4.74 Å². The third kappa shape index (κ3) is 3.87. The summed E-state index contributed by atoms with van der Waals surface area (Å²) in [6.07, 6.45) is 4.83. The lowest BCUT2D eigenvalue weighted by molar-refractivity contribution is 0.332. The number of benzene rings is 4. The highest BCUT2D eigenvalue weighted by molar-refractivity contribution is 6.99. The number of hydrogen-bond donors (Lipinski definition) is 0. The van der Waals surface area contributed by atoms with E-state index < -0.39 is 0 Å². The molecule has 224 valence electrons. The molecule has 8 rings (SSSR count). The van der Waals surface area contributed by atoms with Crippen LogP contribution in [0.2, 0.25) is 0 Å². The van der Waals surface area contributed by atoms with E-state index in [-0.39, 0.29) is 28.4 Å². The molecule has 0 fully saturated rings. The van der Waals surface area contributed by atoms with Crippen LogP contribution < -0.4 is 26.0 Å². The lowest BCUT2D eigenvalue weighted by Crippen LogP contribution is -2.60. The van der Waals surface area contributed by atoms with Crippen molar-refractivity contribution in [2.75, 3.05) is 4.90 Å². The molecule has 4 aromatic rings. The van der Waals surface area contributed by atoms with Crippen molar-refractivity contribution in [3.8, 4) is 11.5 Å². The molecule has 0 spiro atoms. The van der Waals surface area contributed by atoms with Crippen LogP contribution in [-0.2, 0) is 21.7 Å². The van der Waals surface area contributed by atoms with Crippen molar-refractivity contribution in [1.82, 2.24) is 0 Å². The quantitative estimate of drug-likeness (QED) is 0.180. The van der Waals surface area contributed by atoms with Crippen molar-refractivity contribution < 1.29 is 4.74 Å². The van der Waals surface area contributed by atoms with Gasteiger partial charge in [-0.2, -0.15) is 0 Å². The van der Waals surface area contributed by atoms with Crippen LogP contribution in [0.4, 0.5) is 17.1 Å². The number of hydrogen-bond acceptors (Lipinski definition) is 2. The van der Waals surface area contributed by atoms with Crippen molar-refractivity contribution >= 4 is 40.2 Å². The fourth-order valence-corrected chi connectivity index (χ4v) is 8.88. The summed E-state index contributed by atoms with van der Waals surface area (Å²) < 4.78 is 6.72. The largest absolute Gasteiger partial charge is 0.458 e. The number of rotatable bonds is 1. The maximum atomic E-state index is 6.72. The monoisotopic (exact) mass is 579 g/mol. The molecular formula is C41H46BNO. The maximum Gasteiger partial charge on any atom is 0.256 e. The standard InChI is InChI=1S/C41H46BNO/c1-25-20-34-37-36(21-25)44-35-13-11-10-12-31(35)42(37)32-23-29-30(41(8,9)19-18-40(29,6)7)24-33(32)43(34)26-14-15-27-28(22-26)39(4,5)17-16-38(27,2)3/h10-15,20-24H,16-19H2,1-9H3. The molecule has 0 saturated carbocycles. The van der Waals surface area contributed by atoms with Gasteiger partial charge in [-0.3, -0.25) is 0 Å². The van der Waals surface area contributed by atoms with Crippen molar-refractivity contribution in [2.24, 2.45) is 0 Å². The van der Waals surface area contributed by atoms with Crippen molar-refractivity contribution in [3.63, 3.8) is 0 Å². The number of aryl methyl sites for hydroxylation is 1. The van der Waals surface area contributed by atoms with E-state index in [0.717, 1.165) is 11.5 Å². The van der Waals surface area contributed by atoms with Crippen LogP contribution in [0.3, 0.4) is 0 Å².